The Hall–Kier alpha value is -3.07. The molecule has 0 aliphatic carbocycles. The summed E-state index contributed by atoms with van der Waals surface area (Å²) in [5, 5.41) is 0. The van der Waals surface area contributed by atoms with Crippen molar-refractivity contribution >= 4 is 12.2 Å². The molecule has 0 saturated heterocycles. The lowest BCUT2D eigenvalue weighted by Crippen LogP contribution is -2.08. The van der Waals surface area contributed by atoms with Crippen molar-refractivity contribution in [2.24, 2.45) is 0 Å². The summed E-state index contributed by atoms with van der Waals surface area (Å²) in [7, 11) is 0. The van der Waals surface area contributed by atoms with Crippen molar-refractivity contribution in [1.82, 2.24) is 0 Å². The number of hydrogen-bond donors (Lipinski definition) is 0. The zero-order valence-corrected chi connectivity index (χ0v) is 12.5. The van der Waals surface area contributed by atoms with Crippen molar-refractivity contribution in [2.75, 3.05) is 0 Å². The molecule has 0 aliphatic rings. The van der Waals surface area contributed by atoms with E-state index in [-0.39, 0.29) is 11.2 Å². The molecule has 3 nitrogen and oxygen atoms in total. The van der Waals surface area contributed by atoms with Crippen LogP contribution >= 0.6 is 0 Å². The summed E-state index contributed by atoms with van der Waals surface area (Å²) in [6, 6.07) is 20.9. The maximum absolute atomic E-state index is 12.1. The van der Waals surface area contributed by atoms with E-state index in [1.807, 2.05) is 66.7 Å². The third-order valence-corrected chi connectivity index (χ3v) is 3.31. The van der Waals surface area contributed by atoms with E-state index in [4.69, 9.17) is 9.15 Å². The molecule has 1 heterocycles. The smallest absolute Gasteiger partial charge is 0.227 e. The predicted octanol–water partition coefficient (Wildman–Crippen LogP) is 4.39. The second-order valence-electron chi connectivity index (χ2n) is 5.00. The van der Waals surface area contributed by atoms with Gasteiger partial charge in [0.15, 0.2) is 5.76 Å². The molecule has 0 fully saturated rings. The first-order chi connectivity index (χ1) is 11.3. The van der Waals surface area contributed by atoms with Crippen LogP contribution in [0.3, 0.4) is 0 Å². The molecule has 0 N–H and O–H groups in total. The fraction of sp³-hybridized carbons (Fsp3) is 0.0500. The molecule has 3 rings (SSSR count). The summed E-state index contributed by atoms with van der Waals surface area (Å²) >= 11 is 0. The van der Waals surface area contributed by atoms with E-state index in [9.17, 15) is 4.79 Å². The molecule has 0 bridgehead atoms. The van der Waals surface area contributed by atoms with Gasteiger partial charge in [0, 0.05) is 6.07 Å². The highest BCUT2D eigenvalue weighted by molar-refractivity contribution is 5.69. The third-order valence-electron chi connectivity index (χ3n) is 3.31. The highest BCUT2D eigenvalue weighted by atomic mass is 16.5. The Morgan fingerprint density at radius 2 is 1.57 bits per heavy atom. The molecule has 0 spiro atoms. The molecule has 114 valence electrons. The van der Waals surface area contributed by atoms with Gasteiger partial charge in [-0.2, -0.15) is 0 Å². The number of ether oxygens (including phenoxy) is 1. The summed E-state index contributed by atoms with van der Waals surface area (Å²) in [4.78, 5) is 12.1. The van der Waals surface area contributed by atoms with E-state index in [2.05, 4.69) is 0 Å². The Morgan fingerprint density at radius 1 is 0.870 bits per heavy atom. The molecule has 0 radical (unpaired) electrons. The molecule has 0 amide bonds. The number of rotatable bonds is 5. The van der Waals surface area contributed by atoms with Crippen LogP contribution in [0.15, 0.2) is 82.2 Å². The van der Waals surface area contributed by atoms with Gasteiger partial charge < -0.3 is 9.15 Å². The summed E-state index contributed by atoms with van der Waals surface area (Å²) in [5.41, 5.74) is 1.82. The summed E-state index contributed by atoms with van der Waals surface area (Å²) in [6.07, 6.45) is 5.01. The molecular weight excluding hydrogens is 288 g/mol. The highest BCUT2D eigenvalue weighted by Gasteiger charge is 2.08. The van der Waals surface area contributed by atoms with E-state index < -0.39 is 0 Å². The van der Waals surface area contributed by atoms with Gasteiger partial charge in [-0.1, -0.05) is 66.7 Å². The first-order valence-electron chi connectivity index (χ1n) is 7.34. The van der Waals surface area contributed by atoms with Gasteiger partial charge in [0.1, 0.15) is 6.61 Å². The Bertz CT molecular complexity index is 834. The Morgan fingerprint density at radius 3 is 2.30 bits per heavy atom. The van der Waals surface area contributed by atoms with Crippen LogP contribution in [-0.2, 0) is 6.61 Å². The molecule has 0 unspecified atom stereocenters. The second kappa shape index (κ2) is 7.27. The molecule has 2 aromatic carbocycles. The first kappa shape index (κ1) is 14.9. The SMILES string of the molecule is O=c1ccoc(/C=C/c2ccccc2)c1OCc1ccccc1. The van der Waals surface area contributed by atoms with E-state index in [0.29, 0.717) is 12.4 Å². The van der Waals surface area contributed by atoms with Gasteiger partial charge in [-0.15, -0.1) is 0 Å². The average molecular weight is 304 g/mol. The molecular formula is C20H16O3. The predicted molar refractivity (Wildman–Crippen MR) is 91.1 cm³/mol. The number of hydrogen-bond acceptors (Lipinski definition) is 3. The van der Waals surface area contributed by atoms with Crippen LogP contribution < -0.4 is 10.2 Å². The van der Waals surface area contributed by atoms with Gasteiger partial charge in [-0.3, -0.25) is 4.79 Å². The summed E-state index contributed by atoms with van der Waals surface area (Å²) in [5.74, 6) is 0.640. The van der Waals surface area contributed by atoms with Crippen molar-refractivity contribution < 1.29 is 9.15 Å². The van der Waals surface area contributed by atoms with Crippen molar-refractivity contribution in [2.45, 2.75) is 6.61 Å². The van der Waals surface area contributed by atoms with Gasteiger partial charge >= 0.3 is 0 Å². The van der Waals surface area contributed by atoms with Crippen molar-refractivity contribution in [3.63, 3.8) is 0 Å². The Labute approximate surface area is 134 Å². The minimum Gasteiger partial charge on any atom is -0.481 e. The van der Waals surface area contributed by atoms with Crippen molar-refractivity contribution in [3.8, 4) is 5.75 Å². The monoisotopic (exact) mass is 304 g/mol. The van der Waals surface area contributed by atoms with Crippen molar-refractivity contribution in [1.29, 1.82) is 0 Å². The molecule has 3 heteroatoms. The van der Waals surface area contributed by atoms with E-state index in [0.717, 1.165) is 11.1 Å². The maximum Gasteiger partial charge on any atom is 0.227 e. The number of benzene rings is 2. The van der Waals surface area contributed by atoms with Crippen LogP contribution in [0, 0.1) is 0 Å². The molecule has 0 atom stereocenters. The van der Waals surface area contributed by atoms with Gasteiger partial charge in [0.2, 0.25) is 11.2 Å². The van der Waals surface area contributed by atoms with Gasteiger partial charge in [0.25, 0.3) is 0 Å². The summed E-state index contributed by atoms with van der Waals surface area (Å²) < 4.78 is 11.1. The largest absolute Gasteiger partial charge is 0.481 e. The zero-order chi connectivity index (χ0) is 15.9. The lowest BCUT2D eigenvalue weighted by atomic mass is 10.2. The zero-order valence-electron chi connectivity index (χ0n) is 12.5. The minimum atomic E-state index is -0.195. The van der Waals surface area contributed by atoms with Crippen LogP contribution in [0.1, 0.15) is 16.9 Å². The molecule has 1 aromatic heterocycles. The Kier molecular flexibility index (Phi) is 4.69. The normalized spacial score (nSPS) is 10.8. The third kappa shape index (κ3) is 3.98. The average Bonchev–Trinajstić information content (AvgIpc) is 2.61. The van der Waals surface area contributed by atoms with Crippen LogP contribution in [0.25, 0.3) is 12.2 Å². The maximum atomic E-state index is 12.1. The van der Waals surface area contributed by atoms with Crippen LogP contribution in [0.2, 0.25) is 0 Å². The summed E-state index contributed by atoms with van der Waals surface area (Å²) in [6.45, 7) is 0.321. The molecule has 23 heavy (non-hydrogen) atoms. The van der Waals surface area contributed by atoms with Crippen LogP contribution in [-0.4, -0.2) is 0 Å². The first-order valence-corrected chi connectivity index (χ1v) is 7.34. The van der Waals surface area contributed by atoms with Gasteiger partial charge in [0.05, 0.1) is 6.26 Å². The van der Waals surface area contributed by atoms with Crippen LogP contribution in [0.5, 0.6) is 5.75 Å². The van der Waals surface area contributed by atoms with E-state index >= 15 is 0 Å². The minimum absolute atomic E-state index is 0.195. The topological polar surface area (TPSA) is 39.4 Å². The molecule has 0 aliphatic heterocycles. The fourth-order valence-corrected chi connectivity index (χ4v) is 2.14. The van der Waals surface area contributed by atoms with Crippen LogP contribution in [0.4, 0.5) is 0 Å². The van der Waals surface area contributed by atoms with Gasteiger partial charge in [-0.25, -0.2) is 0 Å². The van der Waals surface area contributed by atoms with Crippen molar-refractivity contribution in [3.05, 3.63) is 100 Å². The standard InChI is InChI=1S/C20H16O3/c21-18-13-14-22-19(12-11-16-7-3-1-4-8-16)20(18)23-15-17-9-5-2-6-10-17/h1-14H,15H2/b12-11+. The van der Waals surface area contributed by atoms with E-state index in [1.165, 1.54) is 12.3 Å². The molecule has 0 saturated carbocycles. The lowest BCUT2D eigenvalue weighted by Gasteiger charge is -2.07. The van der Waals surface area contributed by atoms with Gasteiger partial charge in [-0.05, 0) is 17.2 Å². The lowest BCUT2D eigenvalue weighted by molar-refractivity contribution is 0.290. The van der Waals surface area contributed by atoms with E-state index in [1.54, 1.807) is 6.08 Å². The second-order valence-corrected chi connectivity index (χ2v) is 5.00. The highest BCUT2D eigenvalue weighted by Crippen LogP contribution is 2.18. The molecule has 3 aromatic rings. The Balaban J connectivity index is 1.82. The quantitative estimate of drug-likeness (QED) is 0.702. The fourth-order valence-electron chi connectivity index (χ4n) is 2.14.